The van der Waals surface area contributed by atoms with E-state index in [1.807, 2.05) is 0 Å². The van der Waals surface area contributed by atoms with Crippen LogP contribution in [0.4, 0.5) is 0 Å². The molecule has 0 aromatic heterocycles. The Kier molecular flexibility index (Phi) is 12.4. The van der Waals surface area contributed by atoms with Crippen molar-refractivity contribution in [3.63, 3.8) is 0 Å². The second-order valence-corrected chi connectivity index (χ2v) is 13.4. The molecule has 3 heterocycles. The summed E-state index contributed by atoms with van der Waals surface area (Å²) in [5.41, 5.74) is 2.01. The summed E-state index contributed by atoms with van der Waals surface area (Å²) in [5.74, 6) is -1.78. The Bertz CT molecular complexity index is 1880. The Balaban J connectivity index is 1.52. The molecule has 15 heteroatoms. The highest BCUT2D eigenvalue weighted by atomic mass is 16.5. The second kappa shape index (κ2) is 17.1. The van der Waals surface area contributed by atoms with Gasteiger partial charge in [0, 0.05) is 33.4 Å². The standard InChI is InChI=1S/C39H46N6O9/c1-22-35(47)43-29-17-24-9-14-28(15-10-24)54-33-20-26(11-16-32(33)53-6)19-30(45(4)39(29)51)36(48)40-21-34(46)41-23(2)38(50)44(3)31(37(49)42-22)18-25-7-12-27(52-5)13-8-25/h7-16,20,22-23,29-31H,17-19,21H2,1-6H3,(H,40,48)(H,41,46)(H,42,49)(H,43,47)/t22-,23-,29-,30-,31-/m0/s1. The van der Waals surface area contributed by atoms with Crippen molar-refractivity contribution in [1.82, 2.24) is 31.1 Å². The highest BCUT2D eigenvalue weighted by molar-refractivity contribution is 5.97. The van der Waals surface area contributed by atoms with Crippen LogP contribution in [-0.4, -0.2) is 110 Å². The molecule has 0 aliphatic carbocycles. The van der Waals surface area contributed by atoms with Gasteiger partial charge in [0.2, 0.25) is 35.4 Å². The van der Waals surface area contributed by atoms with E-state index in [0.717, 1.165) is 0 Å². The second-order valence-electron chi connectivity index (χ2n) is 13.4. The number of fused-ring (bicyclic) bond motifs is 2. The fourth-order valence-corrected chi connectivity index (χ4v) is 6.37. The maximum absolute atomic E-state index is 14.3. The molecule has 0 unspecified atom stereocenters. The van der Waals surface area contributed by atoms with E-state index < -0.39 is 72.2 Å². The Hall–Kier alpha value is -6.12. The Morgan fingerprint density at radius 2 is 1.39 bits per heavy atom. The number of ether oxygens (including phenoxy) is 3. The van der Waals surface area contributed by atoms with Crippen LogP contribution in [0.5, 0.6) is 23.0 Å². The highest BCUT2D eigenvalue weighted by Crippen LogP contribution is 2.33. The first-order valence-electron chi connectivity index (χ1n) is 17.6. The number of benzene rings is 3. The van der Waals surface area contributed by atoms with Gasteiger partial charge in [-0.15, -0.1) is 0 Å². The molecular formula is C39H46N6O9. The normalized spacial score (nSPS) is 23.2. The van der Waals surface area contributed by atoms with Gasteiger partial charge in [-0.3, -0.25) is 28.8 Å². The van der Waals surface area contributed by atoms with Crippen LogP contribution in [0.2, 0.25) is 0 Å². The van der Waals surface area contributed by atoms with E-state index in [0.29, 0.717) is 39.7 Å². The molecule has 4 N–H and O–H groups in total. The maximum Gasteiger partial charge on any atom is 0.245 e. The minimum Gasteiger partial charge on any atom is -0.497 e. The molecule has 6 amide bonds. The Labute approximate surface area is 313 Å². The number of carbonyl (C=O) groups is 6. The van der Waals surface area contributed by atoms with Crippen LogP contribution < -0.4 is 35.5 Å². The van der Waals surface area contributed by atoms with Crippen molar-refractivity contribution in [3.8, 4) is 23.0 Å². The largest absolute Gasteiger partial charge is 0.497 e. The van der Waals surface area contributed by atoms with Crippen LogP contribution in [0.3, 0.4) is 0 Å². The minimum atomic E-state index is -1.17. The van der Waals surface area contributed by atoms with E-state index in [2.05, 4.69) is 21.3 Å². The molecule has 3 aliphatic heterocycles. The first-order chi connectivity index (χ1) is 25.8. The van der Waals surface area contributed by atoms with E-state index in [1.165, 1.54) is 52.0 Å². The molecule has 1 saturated heterocycles. The maximum atomic E-state index is 14.3. The minimum absolute atomic E-state index is 0.00994. The summed E-state index contributed by atoms with van der Waals surface area (Å²) >= 11 is 0. The van der Waals surface area contributed by atoms with Gasteiger partial charge in [0.05, 0.1) is 20.8 Å². The van der Waals surface area contributed by atoms with E-state index in [9.17, 15) is 28.8 Å². The molecule has 286 valence electrons. The van der Waals surface area contributed by atoms with Crippen molar-refractivity contribution >= 4 is 35.4 Å². The van der Waals surface area contributed by atoms with Gasteiger partial charge in [-0.05, 0) is 66.9 Å². The van der Waals surface area contributed by atoms with E-state index >= 15 is 0 Å². The summed E-state index contributed by atoms with van der Waals surface area (Å²) in [6.07, 6.45) is 0.123. The van der Waals surface area contributed by atoms with Gasteiger partial charge < -0.3 is 45.3 Å². The summed E-state index contributed by atoms with van der Waals surface area (Å²) in [5, 5.41) is 10.7. The predicted molar refractivity (Wildman–Crippen MR) is 197 cm³/mol. The molecule has 0 saturated carbocycles. The number of carbonyl (C=O) groups excluding carboxylic acids is 6. The van der Waals surface area contributed by atoms with Crippen molar-refractivity contribution < 1.29 is 43.0 Å². The van der Waals surface area contributed by atoms with Crippen molar-refractivity contribution in [2.75, 3.05) is 34.9 Å². The number of hydrogen-bond donors (Lipinski definition) is 4. The van der Waals surface area contributed by atoms with E-state index in [4.69, 9.17) is 14.2 Å². The fourth-order valence-electron chi connectivity index (χ4n) is 6.37. The average Bonchev–Trinajstić information content (AvgIpc) is 3.16. The van der Waals surface area contributed by atoms with Gasteiger partial charge >= 0.3 is 0 Å². The van der Waals surface area contributed by atoms with Gasteiger partial charge in [-0.25, -0.2) is 0 Å². The lowest BCUT2D eigenvalue weighted by atomic mass is 9.99. The van der Waals surface area contributed by atoms with Crippen LogP contribution in [0.1, 0.15) is 30.5 Å². The number of rotatable bonds is 4. The monoisotopic (exact) mass is 742 g/mol. The van der Waals surface area contributed by atoms with Crippen LogP contribution >= 0.6 is 0 Å². The number of nitrogens with one attached hydrogen (secondary N) is 4. The molecule has 6 rings (SSSR count). The molecule has 15 nitrogen and oxygen atoms in total. The number of hydrogen-bond acceptors (Lipinski definition) is 9. The molecule has 1 fully saturated rings. The first kappa shape index (κ1) is 39.1. The summed E-state index contributed by atoms with van der Waals surface area (Å²) < 4.78 is 16.9. The number of amides is 6. The number of nitrogens with zero attached hydrogens (tertiary/aromatic N) is 2. The molecule has 3 aromatic rings. The average molecular weight is 743 g/mol. The Morgan fingerprint density at radius 3 is 2.06 bits per heavy atom. The number of methoxy groups -OCH3 is 2. The van der Waals surface area contributed by atoms with Crippen LogP contribution in [0.25, 0.3) is 0 Å². The fraction of sp³-hybridized carbons (Fsp3) is 0.385. The van der Waals surface area contributed by atoms with E-state index in [1.54, 1.807) is 66.7 Å². The molecule has 6 bridgehead atoms. The zero-order valence-corrected chi connectivity index (χ0v) is 31.1. The SMILES string of the molecule is COc1ccc(C[C@H]2C(=O)N[C@@H](C)C(=O)N[C@H]3Cc4ccc(cc4)Oc4cc(ccc4OC)C[C@@H](C(=O)NCC(=O)N[C@@H](C)C(=O)N2C)N(C)C3=O)cc1. The van der Waals surface area contributed by atoms with Crippen LogP contribution in [-0.2, 0) is 48.0 Å². The topological polar surface area (TPSA) is 185 Å². The molecular weight excluding hydrogens is 696 g/mol. The third-order valence-electron chi connectivity index (χ3n) is 9.61. The summed E-state index contributed by atoms with van der Waals surface area (Å²) in [7, 11) is 5.93. The van der Waals surface area contributed by atoms with Gasteiger partial charge in [0.25, 0.3) is 0 Å². The lowest BCUT2D eigenvalue weighted by Crippen LogP contribution is -2.60. The summed E-state index contributed by atoms with van der Waals surface area (Å²) in [6.45, 7) is 2.44. The summed E-state index contributed by atoms with van der Waals surface area (Å²) in [6, 6.07) is 13.4. The molecule has 0 radical (unpaired) electrons. The Morgan fingerprint density at radius 1 is 0.704 bits per heavy atom. The first-order valence-corrected chi connectivity index (χ1v) is 17.6. The zero-order valence-electron chi connectivity index (χ0n) is 31.1. The third-order valence-corrected chi connectivity index (χ3v) is 9.61. The van der Waals surface area contributed by atoms with Crippen LogP contribution in [0.15, 0.2) is 66.7 Å². The van der Waals surface area contributed by atoms with E-state index in [-0.39, 0.29) is 19.3 Å². The van der Waals surface area contributed by atoms with Crippen molar-refractivity contribution in [1.29, 1.82) is 0 Å². The molecule has 5 atom stereocenters. The predicted octanol–water partition coefficient (Wildman–Crippen LogP) is 1.12. The lowest BCUT2D eigenvalue weighted by molar-refractivity contribution is -0.144. The smallest absolute Gasteiger partial charge is 0.245 e. The van der Waals surface area contributed by atoms with Crippen molar-refractivity contribution in [3.05, 3.63) is 83.4 Å². The molecule has 0 spiro atoms. The van der Waals surface area contributed by atoms with Gasteiger partial charge in [-0.2, -0.15) is 0 Å². The highest BCUT2D eigenvalue weighted by Gasteiger charge is 2.36. The van der Waals surface area contributed by atoms with Crippen molar-refractivity contribution in [2.24, 2.45) is 0 Å². The van der Waals surface area contributed by atoms with Gasteiger partial charge in [-0.1, -0.05) is 30.3 Å². The molecule has 3 aromatic carbocycles. The molecule has 54 heavy (non-hydrogen) atoms. The lowest BCUT2D eigenvalue weighted by Gasteiger charge is -2.33. The van der Waals surface area contributed by atoms with Gasteiger partial charge in [0.15, 0.2) is 11.5 Å². The van der Waals surface area contributed by atoms with Gasteiger partial charge in [0.1, 0.15) is 41.7 Å². The third kappa shape index (κ3) is 9.26. The van der Waals surface area contributed by atoms with Crippen molar-refractivity contribution in [2.45, 2.75) is 63.3 Å². The molecule has 3 aliphatic rings. The number of likely N-dealkylation sites (N-methyl/N-ethyl adjacent to an activating group) is 2. The quantitative estimate of drug-likeness (QED) is 0.304. The zero-order chi connectivity index (χ0) is 39.1. The van der Waals surface area contributed by atoms with Crippen LogP contribution in [0, 0.1) is 0 Å². The summed E-state index contributed by atoms with van der Waals surface area (Å²) in [4.78, 5) is 85.1.